The largest absolute Gasteiger partial charge is 0.419 e. The van der Waals surface area contributed by atoms with E-state index in [2.05, 4.69) is 0 Å². The van der Waals surface area contributed by atoms with Crippen LogP contribution in [0.5, 0.6) is 0 Å². The van der Waals surface area contributed by atoms with E-state index in [1.807, 2.05) is 24.3 Å². The molecule has 0 unspecified atom stereocenters. The first-order valence-corrected chi connectivity index (χ1v) is 8.82. The first-order valence-electron chi connectivity index (χ1n) is 8.82. The summed E-state index contributed by atoms with van der Waals surface area (Å²) in [5.74, 6) is -2.54. The molecule has 134 valence electrons. The van der Waals surface area contributed by atoms with Crippen LogP contribution in [0.15, 0.2) is 29.8 Å². The van der Waals surface area contributed by atoms with Gasteiger partial charge in [0.2, 0.25) is 0 Å². The Morgan fingerprint density at radius 2 is 1.80 bits per heavy atom. The average molecular weight is 344 g/mol. The Bertz CT molecular complexity index is 661. The monoisotopic (exact) mass is 344 g/mol. The molecule has 1 aromatic rings. The number of carbonyl (C=O) groups is 2. The van der Waals surface area contributed by atoms with Gasteiger partial charge in [-0.15, -0.1) is 0 Å². The number of hydrogen-bond acceptors (Lipinski definition) is 5. The summed E-state index contributed by atoms with van der Waals surface area (Å²) in [4.78, 5) is 24.1. The van der Waals surface area contributed by atoms with Gasteiger partial charge in [0, 0.05) is 13.8 Å². The second kappa shape index (κ2) is 7.40. The number of hydrogen-bond donors (Lipinski definition) is 0. The summed E-state index contributed by atoms with van der Waals surface area (Å²) < 4.78 is 16.2. The third-order valence-corrected chi connectivity index (χ3v) is 4.42. The van der Waals surface area contributed by atoms with Crippen molar-refractivity contribution in [2.75, 3.05) is 0 Å². The maximum absolute atomic E-state index is 12.0. The number of esters is 2. The van der Waals surface area contributed by atoms with Gasteiger partial charge in [-0.05, 0) is 36.1 Å². The Morgan fingerprint density at radius 1 is 1.12 bits per heavy atom. The third kappa shape index (κ3) is 4.69. The summed E-state index contributed by atoms with van der Waals surface area (Å²) in [6, 6.07) is 7.61. The molecule has 1 saturated heterocycles. The van der Waals surface area contributed by atoms with E-state index in [4.69, 9.17) is 14.2 Å². The van der Waals surface area contributed by atoms with Crippen molar-refractivity contribution in [3.63, 3.8) is 0 Å². The molecule has 2 fully saturated rings. The minimum Gasteiger partial charge on any atom is -0.419 e. The highest BCUT2D eigenvalue weighted by molar-refractivity contribution is 6.18. The Labute approximate surface area is 148 Å². The molecule has 5 heteroatoms. The molecule has 1 aromatic carbocycles. The molecule has 0 amide bonds. The third-order valence-electron chi connectivity index (χ3n) is 4.42. The van der Waals surface area contributed by atoms with Crippen LogP contribution in [0.25, 0.3) is 6.08 Å². The fraction of sp³-hybridized carbons (Fsp3) is 0.500. The summed E-state index contributed by atoms with van der Waals surface area (Å²) in [5, 5.41) is 0. The molecule has 0 N–H and O–H groups in total. The van der Waals surface area contributed by atoms with Crippen molar-refractivity contribution in [2.45, 2.75) is 64.4 Å². The standard InChI is InChI=1S/C20H24O5/c1-20(2)24-18(21)17(19(22)25-20)12-14-7-6-8-15(11-14)13-23-16-9-4-3-5-10-16/h6-8,11-12,16H,3-5,9-10,13H2,1-2H3. The van der Waals surface area contributed by atoms with Gasteiger partial charge < -0.3 is 14.2 Å². The lowest BCUT2D eigenvalue weighted by atomic mass is 9.98. The first-order chi connectivity index (χ1) is 11.9. The van der Waals surface area contributed by atoms with Gasteiger partial charge in [-0.2, -0.15) is 0 Å². The van der Waals surface area contributed by atoms with E-state index in [1.165, 1.54) is 39.2 Å². The zero-order valence-corrected chi connectivity index (χ0v) is 14.7. The van der Waals surface area contributed by atoms with Crippen LogP contribution < -0.4 is 0 Å². The lowest BCUT2D eigenvalue weighted by molar-refractivity contribution is -0.222. The SMILES string of the molecule is CC1(C)OC(=O)C(=Cc2cccc(COC3CCCCC3)c2)C(=O)O1. The van der Waals surface area contributed by atoms with Gasteiger partial charge in [-0.1, -0.05) is 37.5 Å². The number of rotatable bonds is 4. The summed E-state index contributed by atoms with van der Waals surface area (Å²) in [6.07, 6.45) is 7.85. The van der Waals surface area contributed by atoms with Crippen LogP contribution in [0.1, 0.15) is 57.1 Å². The highest BCUT2D eigenvalue weighted by atomic mass is 16.7. The smallest absolute Gasteiger partial charge is 0.348 e. The van der Waals surface area contributed by atoms with Crippen LogP contribution in [-0.4, -0.2) is 23.8 Å². The number of carbonyl (C=O) groups excluding carboxylic acids is 2. The van der Waals surface area contributed by atoms with Crippen molar-refractivity contribution < 1.29 is 23.8 Å². The molecule has 0 spiro atoms. The van der Waals surface area contributed by atoms with Crippen LogP contribution in [-0.2, 0) is 30.4 Å². The number of cyclic esters (lactones) is 2. The van der Waals surface area contributed by atoms with Crippen molar-refractivity contribution in [3.8, 4) is 0 Å². The van der Waals surface area contributed by atoms with E-state index < -0.39 is 17.7 Å². The number of benzene rings is 1. The second-order valence-electron chi connectivity index (χ2n) is 7.05. The molecule has 0 bridgehead atoms. The Morgan fingerprint density at radius 3 is 2.48 bits per heavy atom. The van der Waals surface area contributed by atoms with E-state index >= 15 is 0 Å². The topological polar surface area (TPSA) is 61.8 Å². The van der Waals surface area contributed by atoms with Crippen LogP contribution in [0.2, 0.25) is 0 Å². The van der Waals surface area contributed by atoms with Crippen molar-refractivity contribution >= 4 is 18.0 Å². The average Bonchev–Trinajstić information content (AvgIpc) is 2.57. The van der Waals surface area contributed by atoms with Crippen molar-refractivity contribution in [1.82, 2.24) is 0 Å². The molecule has 2 aliphatic rings. The molecule has 1 aliphatic carbocycles. The lowest BCUT2D eigenvalue weighted by Gasteiger charge is -2.29. The Balaban J connectivity index is 1.68. The molecule has 1 saturated carbocycles. The number of ether oxygens (including phenoxy) is 3. The van der Waals surface area contributed by atoms with Crippen LogP contribution in [0.4, 0.5) is 0 Å². The highest BCUT2D eigenvalue weighted by Crippen LogP contribution is 2.25. The zero-order valence-electron chi connectivity index (χ0n) is 14.7. The maximum Gasteiger partial charge on any atom is 0.348 e. The Kier molecular flexibility index (Phi) is 5.23. The van der Waals surface area contributed by atoms with Crippen LogP contribution >= 0.6 is 0 Å². The molecule has 0 radical (unpaired) electrons. The van der Waals surface area contributed by atoms with Crippen LogP contribution in [0, 0.1) is 0 Å². The van der Waals surface area contributed by atoms with Gasteiger partial charge in [-0.3, -0.25) is 0 Å². The van der Waals surface area contributed by atoms with Gasteiger partial charge in [0.1, 0.15) is 5.57 Å². The van der Waals surface area contributed by atoms with Gasteiger partial charge >= 0.3 is 11.9 Å². The molecule has 1 aliphatic heterocycles. The van der Waals surface area contributed by atoms with E-state index in [9.17, 15) is 9.59 Å². The van der Waals surface area contributed by atoms with Crippen molar-refractivity contribution in [1.29, 1.82) is 0 Å². The van der Waals surface area contributed by atoms with Crippen LogP contribution in [0.3, 0.4) is 0 Å². The summed E-state index contributed by atoms with van der Waals surface area (Å²) >= 11 is 0. The summed E-state index contributed by atoms with van der Waals surface area (Å²) in [7, 11) is 0. The molecular weight excluding hydrogens is 320 g/mol. The van der Waals surface area contributed by atoms with Gasteiger partial charge in [0.05, 0.1) is 12.7 Å². The lowest BCUT2D eigenvalue weighted by Crippen LogP contribution is -2.41. The normalized spacial score (nSPS) is 20.8. The Hall–Kier alpha value is -2.14. The molecule has 3 rings (SSSR count). The first kappa shape index (κ1) is 17.7. The van der Waals surface area contributed by atoms with Crippen molar-refractivity contribution in [3.05, 3.63) is 41.0 Å². The molecule has 25 heavy (non-hydrogen) atoms. The van der Waals surface area contributed by atoms with E-state index in [0.29, 0.717) is 12.7 Å². The minimum absolute atomic E-state index is 0.0929. The van der Waals surface area contributed by atoms with E-state index in [0.717, 1.165) is 24.0 Å². The van der Waals surface area contributed by atoms with Gasteiger partial charge in [0.25, 0.3) is 5.79 Å². The fourth-order valence-electron chi connectivity index (χ4n) is 3.16. The van der Waals surface area contributed by atoms with E-state index in [1.54, 1.807) is 0 Å². The van der Waals surface area contributed by atoms with Gasteiger partial charge in [0.15, 0.2) is 0 Å². The molecule has 0 aromatic heterocycles. The highest BCUT2D eigenvalue weighted by Gasteiger charge is 2.38. The predicted octanol–water partition coefficient (Wildman–Crippen LogP) is 3.76. The van der Waals surface area contributed by atoms with E-state index in [-0.39, 0.29) is 5.57 Å². The molecule has 1 heterocycles. The quantitative estimate of drug-likeness (QED) is 0.473. The zero-order chi connectivity index (χ0) is 17.9. The molecule has 0 atom stereocenters. The molecular formula is C20H24O5. The van der Waals surface area contributed by atoms with Gasteiger partial charge in [-0.25, -0.2) is 9.59 Å². The second-order valence-corrected chi connectivity index (χ2v) is 7.05. The predicted molar refractivity (Wildman–Crippen MR) is 92.3 cm³/mol. The summed E-state index contributed by atoms with van der Waals surface area (Å²) in [5.41, 5.74) is 1.66. The van der Waals surface area contributed by atoms with Crippen molar-refractivity contribution in [2.24, 2.45) is 0 Å². The summed E-state index contributed by atoms with van der Waals surface area (Å²) in [6.45, 7) is 3.59. The fourth-order valence-corrected chi connectivity index (χ4v) is 3.16. The minimum atomic E-state index is -1.22. The maximum atomic E-state index is 12.0. The molecule has 5 nitrogen and oxygen atoms in total.